The molecule has 9 heteroatoms. The quantitative estimate of drug-likeness (QED) is 0.689. The molecule has 0 saturated heterocycles. The van der Waals surface area contributed by atoms with Crippen LogP contribution < -0.4 is 14.9 Å². The highest BCUT2D eigenvalue weighted by molar-refractivity contribution is 7.89. The molecule has 0 aromatic heterocycles. The smallest absolute Gasteiger partial charge is 0.241 e. The molecule has 144 valence electrons. The van der Waals surface area contributed by atoms with Crippen LogP contribution in [0.2, 0.25) is 0 Å². The fraction of sp³-hybridized carbons (Fsp3) is 0.529. The van der Waals surface area contributed by atoms with Gasteiger partial charge in [0.1, 0.15) is 0 Å². The van der Waals surface area contributed by atoms with Crippen molar-refractivity contribution < 1.29 is 18.0 Å². The summed E-state index contributed by atoms with van der Waals surface area (Å²) >= 11 is 0. The number of aryl methyl sites for hydroxylation is 1. The fourth-order valence-electron chi connectivity index (χ4n) is 2.79. The number of likely N-dealkylation sites (N-methyl/N-ethyl adjacent to an activating group) is 1. The van der Waals surface area contributed by atoms with Gasteiger partial charge in [0.2, 0.25) is 21.8 Å². The number of hydrogen-bond donors (Lipinski definition) is 2. The van der Waals surface area contributed by atoms with E-state index in [0.717, 1.165) is 17.7 Å². The Morgan fingerprint density at radius 2 is 2.00 bits per heavy atom. The molecule has 2 N–H and O–H groups in total. The lowest BCUT2D eigenvalue weighted by atomic mass is 10.0. The van der Waals surface area contributed by atoms with Crippen LogP contribution in [0, 0.1) is 0 Å². The van der Waals surface area contributed by atoms with Crippen molar-refractivity contribution in [2.45, 2.75) is 24.7 Å². The number of amides is 2. The van der Waals surface area contributed by atoms with Gasteiger partial charge in [-0.3, -0.25) is 9.59 Å². The first-order chi connectivity index (χ1) is 12.2. The van der Waals surface area contributed by atoms with Crippen LogP contribution in [-0.4, -0.2) is 65.4 Å². The number of carbonyl (C=O) groups is 2. The summed E-state index contributed by atoms with van der Waals surface area (Å²) in [6.07, 6.45) is 1.51. The first-order valence-electron chi connectivity index (χ1n) is 8.53. The van der Waals surface area contributed by atoms with Crippen molar-refractivity contribution in [3.05, 3.63) is 23.8 Å². The van der Waals surface area contributed by atoms with Gasteiger partial charge < -0.3 is 15.1 Å². The van der Waals surface area contributed by atoms with E-state index in [0.29, 0.717) is 26.1 Å². The molecule has 0 atom stereocenters. The molecule has 1 aromatic rings. The van der Waals surface area contributed by atoms with Crippen molar-refractivity contribution in [3.63, 3.8) is 0 Å². The van der Waals surface area contributed by atoms with Crippen LogP contribution >= 0.6 is 0 Å². The SMILES string of the molecule is CC(=O)N1CCCc2cc(S(=O)(=O)NCC(=O)NCCN(C)C)ccc21. The summed E-state index contributed by atoms with van der Waals surface area (Å²) in [5.74, 6) is -0.440. The average molecular weight is 382 g/mol. The number of hydrogen-bond acceptors (Lipinski definition) is 5. The summed E-state index contributed by atoms with van der Waals surface area (Å²) in [5.41, 5.74) is 1.58. The Balaban J connectivity index is 2.03. The van der Waals surface area contributed by atoms with Crippen molar-refractivity contribution in [1.29, 1.82) is 0 Å². The molecule has 2 amide bonds. The van der Waals surface area contributed by atoms with Gasteiger partial charge in [0.25, 0.3) is 0 Å². The summed E-state index contributed by atoms with van der Waals surface area (Å²) in [6, 6.07) is 4.70. The van der Waals surface area contributed by atoms with Crippen LogP contribution in [0.5, 0.6) is 0 Å². The minimum atomic E-state index is -3.79. The lowest BCUT2D eigenvalue weighted by Crippen LogP contribution is -2.39. The number of fused-ring (bicyclic) bond motifs is 1. The van der Waals surface area contributed by atoms with Crippen molar-refractivity contribution in [1.82, 2.24) is 14.9 Å². The average Bonchev–Trinajstić information content (AvgIpc) is 2.58. The Labute approximate surface area is 154 Å². The summed E-state index contributed by atoms with van der Waals surface area (Å²) < 4.78 is 27.2. The minimum Gasteiger partial charge on any atom is -0.354 e. The molecule has 2 rings (SSSR count). The molecule has 1 heterocycles. The predicted molar refractivity (Wildman–Crippen MR) is 99.5 cm³/mol. The van der Waals surface area contributed by atoms with Crippen molar-refractivity contribution in [3.8, 4) is 0 Å². The van der Waals surface area contributed by atoms with Gasteiger partial charge in [0.15, 0.2) is 0 Å². The zero-order valence-corrected chi connectivity index (χ0v) is 16.2. The van der Waals surface area contributed by atoms with Gasteiger partial charge in [-0.2, -0.15) is 0 Å². The number of anilines is 1. The standard InChI is InChI=1S/C17H26N4O4S/c1-13(22)21-9-4-5-14-11-15(6-7-16(14)21)26(24,25)19-12-17(23)18-8-10-20(2)3/h6-7,11,19H,4-5,8-10,12H2,1-3H3,(H,18,23). The third-order valence-corrected chi connectivity index (χ3v) is 5.56. The second-order valence-corrected chi connectivity index (χ2v) is 8.31. The van der Waals surface area contributed by atoms with E-state index in [2.05, 4.69) is 10.0 Å². The Morgan fingerprint density at radius 3 is 2.65 bits per heavy atom. The number of sulfonamides is 1. The van der Waals surface area contributed by atoms with Gasteiger partial charge >= 0.3 is 0 Å². The molecular weight excluding hydrogens is 356 g/mol. The molecule has 0 bridgehead atoms. The molecule has 1 aromatic carbocycles. The molecule has 0 radical (unpaired) electrons. The van der Waals surface area contributed by atoms with Crippen LogP contribution in [0.4, 0.5) is 5.69 Å². The third kappa shape index (κ3) is 5.26. The number of nitrogens with zero attached hydrogens (tertiary/aromatic N) is 2. The highest BCUT2D eigenvalue weighted by atomic mass is 32.2. The van der Waals surface area contributed by atoms with E-state index in [9.17, 15) is 18.0 Å². The maximum atomic E-state index is 12.4. The second-order valence-electron chi connectivity index (χ2n) is 6.54. The van der Waals surface area contributed by atoms with Gasteiger partial charge in [0, 0.05) is 32.2 Å². The molecule has 0 saturated carbocycles. The maximum Gasteiger partial charge on any atom is 0.241 e. The van der Waals surface area contributed by atoms with Gasteiger partial charge in [-0.05, 0) is 50.7 Å². The molecule has 0 aliphatic carbocycles. The summed E-state index contributed by atoms with van der Waals surface area (Å²) in [7, 11) is -0.0184. The predicted octanol–water partition coefficient (Wildman–Crippen LogP) is -0.0582. The third-order valence-electron chi connectivity index (χ3n) is 4.16. The van der Waals surface area contributed by atoms with E-state index in [1.807, 2.05) is 19.0 Å². The Hall–Kier alpha value is -1.97. The fourth-order valence-corrected chi connectivity index (χ4v) is 3.83. The van der Waals surface area contributed by atoms with Crippen LogP contribution in [0.15, 0.2) is 23.1 Å². The first kappa shape index (κ1) is 20.3. The monoisotopic (exact) mass is 382 g/mol. The summed E-state index contributed by atoms with van der Waals surface area (Å²) in [4.78, 5) is 27.1. The highest BCUT2D eigenvalue weighted by Gasteiger charge is 2.23. The van der Waals surface area contributed by atoms with Crippen LogP contribution in [-0.2, 0) is 26.0 Å². The highest BCUT2D eigenvalue weighted by Crippen LogP contribution is 2.29. The Morgan fingerprint density at radius 1 is 1.27 bits per heavy atom. The molecule has 1 aliphatic heterocycles. The van der Waals surface area contributed by atoms with Gasteiger partial charge in [-0.1, -0.05) is 0 Å². The van der Waals surface area contributed by atoms with Crippen molar-refractivity contribution in [2.75, 3.05) is 45.2 Å². The van der Waals surface area contributed by atoms with E-state index >= 15 is 0 Å². The molecule has 0 spiro atoms. The van der Waals surface area contributed by atoms with E-state index in [1.54, 1.807) is 17.0 Å². The van der Waals surface area contributed by atoms with Crippen LogP contribution in [0.25, 0.3) is 0 Å². The Kier molecular flexibility index (Phi) is 6.74. The molecule has 26 heavy (non-hydrogen) atoms. The van der Waals surface area contributed by atoms with Crippen LogP contribution in [0.3, 0.4) is 0 Å². The molecule has 1 aliphatic rings. The van der Waals surface area contributed by atoms with Gasteiger partial charge in [0.05, 0.1) is 11.4 Å². The molecule has 0 fully saturated rings. The van der Waals surface area contributed by atoms with Gasteiger partial charge in [-0.25, -0.2) is 13.1 Å². The lowest BCUT2D eigenvalue weighted by molar-refractivity contribution is -0.120. The normalized spacial score (nSPS) is 14.2. The van der Waals surface area contributed by atoms with Crippen molar-refractivity contribution in [2.24, 2.45) is 0 Å². The second kappa shape index (κ2) is 8.61. The van der Waals surface area contributed by atoms with Crippen LogP contribution in [0.1, 0.15) is 18.9 Å². The van der Waals surface area contributed by atoms with E-state index in [1.165, 1.54) is 13.0 Å². The topological polar surface area (TPSA) is 98.8 Å². The van der Waals surface area contributed by atoms with E-state index in [4.69, 9.17) is 0 Å². The molecule has 8 nitrogen and oxygen atoms in total. The number of benzene rings is 1. The number of carbonyl (C=O) groups excluding carboxylic acids is 2. The molecule has 0 unspecified atom stereocenters. The van der Waals surface area contributed by atoms with Gasteiger partial charge in [-0.15, -0.1) is 0 Å². The van der Waals surface area contributed by atoms with E-state index in [-0.39, 0.29) is 23.3 Å². The summed E-state index contributed by atoms with van der Waals surface area (Å²) in [5, 5.41) is 2.65. The minimum absolute atomic E-state index is 0.0610. The van der Waals surface area contributed by atoms with E-state index < -0.39 is 10.0 Å². The zero-order chi connectivity index (χ0) is 19.3. The maximum absolute atomic E-state index is 12.4. The summed E-state index contributed by atoms with van der Waals surface area (Å²) in [6.45, 7) is 2.95. The number of rotatable bonds is 7. The Bertz CT molecular complexity index is 777. The molecular formula is C17H26N4O4S. The largest absolute Gasteiger partial charge is 0.354 e. The lowest BCUT2D eigenvalue weighted by Gasteiger charge is -2.28. The zero-order valence-electron chi connectivity index (χ0n) is 15.4. The first-order valence-corrected chi connectivity index (χ1v) is 10.0. The number of nitrogens with one attached hydrogen (secondary N) is 2. The van der Waals surface area contributed by atoms with Crippen molar-refractivity contribution >= 4 is 27.5 Å².